The first kappa shape index (κ1) is 22.0. The highest BCUT2D eigenvalue weighted by molar-refractivity contribution is 5.94. The van der Waals surface area contributed by atoms with E-state index in [0.717, 1.165) is 46.9 Å². The predicted molar refractivity (Wildman–Crippen MR) is 127 cm³/mol. The fraction of sp³-hybridized carbons (Fsp3) is 0.259. The summed E-state index contributed by atoms with van der Waals surface area (Å²) in [5.74, 6) is 2.35. The molecule has 2 aromatic heterocycles. The molecule has 0 saturated heterocycles. The normalized spacial score (nSPS) is 13.2. The molecule has 5 rings (SSSR count). The van der Waals surface area contributed by atoms with Gasteiger partial charge in [0.1, 0.15) is 17.2 Å². The number of methoxy groups -OCH3 is 1. The van der Waals surface area contributed by atoms with Crippen molar-refractivity contribution in [3.05, 3.63) is 95.6 Å². The van der Waals surface area contributed by atoms with Crippen LogP contribution in [0.5, 0.6) is 5.75 Å². The van der Waals surface area contributed by atoms with Crippen LogP contribution in [-0.2, 0) is 19.6 Å². The number of aromatic nitrogens is 1. The molecule has 1 fully saturated rings. The van der Waals surface area contributed by atoms with E-state index in [1.165, 1.54) is 0 Å². The minimum atomic E-state index is -0.00739. The van der Waals surface area contributed by atoms with Gasteiger partial charge >= 0.3 is 0 Å². The van der Waals surface area contributed by atoms with Gasteiger partial charge in [0.05, 0.1) is 26.5 Å². The van der Waals surface area contributed by atoms with Crippen LogP contribution in [0.25, 0.3) is 11.3 Å². The molecule has 1 aliphatic rings. The fourth-order valence-electron chi connectivity index (χ4n) is 3.90. The first-order valence-electron chi connectivity index (χ1n) is 11.4. The number of nitrogens with zero attached hydrogens (tertiary/aromatic N) is 2. The summed E-state index contributed by atoms with van der Waals surface area (Å²) in [6.45, 7) is 1.82. The quantitative estimate of drug-likeness (QED) is 0.359. The van der Waals surface area contributed by atoms with E-state index in [9.17, 15) is 4.79 Å². The molecule has 0 atom stereocenters. The number of ether oxygens (including phenoxy) is 1. The largest absolute Gasteiger partial charge is 0.496 e. The second-order valence-electron chi connectivity index (χ2n) is 8.55. The lowest BCUT2D eigenvalue weighted by Crippen LogP contribution is -2.25. The first-order valence-corrected chi connectivity index (χ1v) is 11.4. The van der Waals surface area contributed by atoms with Crippen molar-refractivity contribution in [3.8, 4) is 17.0 Å². The van der Waals surface area contributed by atoms with Crippen LogP contribution in [0.2, 0.25) is 0 Å². The first-order chi connectivity index (χ1) is 16.7. The third-order valence-corrected chi connectivity index (χ3v) is 5.82. The SMILES string of the molecule is COc1ccccc1-c1cc(CN(Cc2ccc(C(=O)NC3CC3)cc2)Cc2ccco2)on1. The van der Waals surface area contributed by atoms with E-state index < -0.39 is 0 Å². The second kappa shape index (κ2) is 9.97. The number of nitrogens with one attached hydrogen (secondary N) is 1. The molecule has 7 nitrogen and oxygen atoms in total. The van der Waals surface area contributed by atoms with Gasteiger partial charge in [-0.3, -0.25) is 9.69 Å². The van der Waals surface area contributed by atoms with Gasteiger partial charge in [0.15, 0.2) is 5.76 Å². The third-order valence-electron chi connectivity index (χ3n) is 5.82. The Balaban J connectivity index is 1.30. The molecule has 7 heteroatoms. The number of furan rings is 1. The van der Waals surface area contributed by atoms with Gasteiger partial charge in [-0.05, 0) is 54.8 Å². The highest BCUT2D eigenvalue weighted by atomic mass is 16.5. The number of rotatable bonds is 10. The molecule has 0 unspecified atom stereocenters. The van der Waals surface area contributed by atoms with E-state index in [2.05, 4.69) is 15.4 Å². The minimum Gasteiger partial charge on any atom is -0.496 e. The van der Waals surface area contributed by atoms with Gasteiger partial charge in [0.25, 0.3) is 5.91 Å². The lowest BCUT2D eigenvalue weighted by molar-refractivity contribution is 0.0951. The van der Waals surface area contributed by atoms with E-state index in [1.807, 2.05) is 66.7 Å². The number of carbonyl (C=O) groups excluding carboxylic acids is 1. The molecule has 0 bridgehead atoms. The van der Waals surface area contributed by atoms with Crippen molar-refractivity contribution in [2.45, 2.75) is 38.5 Å². The summed E-state index contributed by atoms with van der Waals surface area (Å²) in [5, 5.41) is 7.29. The molecular formula is C27H27N3O4. The maximum atomic E-state index is 12.3. The molecule has 1 N–H and O–H groups in total. The Morgan fingerprint density at radius 1 is 1.03 bits per heavy atom. The van der Waals surface area contributed by atoms with E-state index in [4.69, 9.17) is 13.7 Å². The summed E-state index contributed by atoms with van der Waals surface area (Å²) in [5.41, 5.74) is 3.40. The van der Waals surface area contributed by atoms with Crippen LogP contribution >= 0.6 is 0 Å². The molecule has 0 radical (unpaired) electrons. The van der Waals surface area contributed by atoms with Crippen molar-refractivity contribution in [2.75, 3.05) is 7.11 Å². The lowest BCUT2D eigenvalue weighted by Gasteiger charge is -2.20. The summed E-state index contributed by atoms with van der Waals surface area (Å²) in [4.78, 5) is 14.5. The Bertz CT molecular complexity index is 1230. The Kier molecular flexibility index (Phi) is 6.44. The molecule has 1 amide bonds. The topological polar surface area (TPSA) is 80.7 Å². The lowest BCUT2D eigenvalue weighted by atomic mass is 10.1. The van der Waals surface area contributed by atoms with Crippen molar-refractivity contribution in [1.29, 1.82) is 0 Å². The maximum Gasteiger partial charge on any atom is 0.251 e. The summed E-state index contributed by atoms with van der Waals surface area (Å²) in [6.07, 6.45) is 3.83. The van der Waals surface area contributed by atoms with Crippen molar-refractivity contribution >= 4 is 5.91 Å². The third kappa shape index (κ3) is 5.38. The zero-order chi connectivity index (χ0) is 23.3. The van der Waals surface area contributed by atoms with E-state index in [-0.39, 0.29) is 5.91 Å². The Morgan fingerprint density at radius 2 is 1.82 bits per heavy atom. The van der Waals surface area contributed by atoms with Crippen molar-refractivity contribution < 1.29 is 18.5 Å². The molecule has 2 heterocycles. The molecule has 174 valence electrons. The average molecular weight is 458 g/mol. The van der Waals surface area contributed by atoms with Gasteiger partial charge in [0, 0.05) is 29.8 Å². The monoisotopic (exact) mass is 457 g/mol. The molecule has 2 aromatic carbocycles. The van der Waals surface area contributed by atoms with Gasteiger partial charge in [-0.25, -0.2) is 0 Å². The zero-order valence-corrected chi connectivity index (χ0v) is 19.1. The van der Waals surface area contributed by atoms with Gasteiger partial charge in [-0.1, -0.05) is 29.4 Å². The van der Waals surface area contributed by atoms with Crippen LogP contribution in [-0.4, -0.2) is 29.1 Å². The highest BCUT2D eigenvalue weighted by Gasteiger charge is 2.23. The van der Waals surface area contributed by atoms with Crippen LogP contribution in [0.4, 0.5) is 0 Å². The number of hydrogen-bond acceptors (Lipinski definition) is 6. The fourth-order valence-corrected chi connectivity index (χ4v) is 3.90. The van der Waals surface area contributed by atoms with Crippen LogP contribution in [0.3, 0.4) is 0 Å². The molecule has 1 saturated carbocycles. The van der Waals surface area contributed by atoms with Crippen LogP contribution in [0, 0.1) is 0 Å². The van der Waals surface area contributed by atoms with Crippen LogP contribution in [0.15, 0.2) is 81.9 Å². The standard InChI is InChI=1S/C27H27N3O4/c1-32-26-7-3-2-6-24(26)25-15-23(34-29-25)18-30(17-22-5-4-14-33-22)16-19-8-10-20(11-9-19)27(31)28-21-12-13-21/h2-11,14-15,21H,12-13,16-18H2,1H3,(H,28,31). The smallest absolute Gasteiger partial charge is 0.251 e. The Labute approximate surface area is 198 Å². The molecule has 0 spiro atoms. The summed E-state index contributed by atoms with van der Waals surface area (Å²) in [6, 6.07) is 21.6. The van der Waals surface area contributed by atoms with Gasteiger partial charge < -0.3 is 19.0 Å². The summed E-state index contributed by atoms with van der Waals surface area (Å²) >= 11 is 0. The van der Waals surface area contributed by atoms with Crippen molar-refractivity contribution in [2.24, 2.45) is 0 Å². The zero-order valence-electron chi connectivity index (χ0n) is 19.1. The van der Waals surface area contributed by atoms with E-state index in [0.29, 0.717) is 31.2 Å². The number of carbonyl (C=O) groups is 1. The molecule has 34 heavy (non-hydrogen) atoms. The minimum absolute atomic E-state index is 0.00739. The molecule has 4 aromatic rings. The van der Waals surface area contributed by atoms with Gasteiger partial charge in [-0.15, -0.1) is 0 Å². The van der Waals surface area contributed by atoms with E-state index >= 15 is 0 Å². The average Bonchev–Trinajstić information content (AvgIpc) is 3.30. The Hall–Kier alpha value is -3.84. The highest BCUT2D eigenvalue weighted by Crippen LogP contribution is 2.29. The molecular weight excluding hydrogens is 430 g/mol. The summed E-state index contributed by atoms with van der Waals surface area (Å²) in [7, 11) is 1.64. The Morgan fingerprint density at radius 3 is 2.56 bits per heavy atom. The molecule has 0 aliphatic heterocycles. The predicted octanol–water partition coefficient (Wildman–Crippen LogP) is 5.04. The van der Waals surface area contributed by atoms with Gasteiger partial charge in [-0.2, -0.15) is 0 Å². The number of para-hydroxylation sites is 1. The summed E-state index contributed by atoms with van der Waals surface area (Å²) < 4.78 is 16.7. The number of hydrogen-bond donors (Lipinski definition) is 1. The van der Waals surface area contributed by atoms with Crippen LogP contribution < -0.4 is 10.1 Å². The van der Waals surface area contributed by atoms with Crippen molar-refractivity contribution in [1.82, 2.24) is 15.4 Å². The number of benzene rings is 2. The van der Waals surface area contributed by atoms with Gasteiger partial charge in [0.2, 0.25) is 0 Å². The van der Waals surface area contributed by atoms with E-state index in [1.54, 1.807) is 13.4 Å². The second-order valence-corrected chi connectivity index (χ2v) is 8.55. The van der Waals surface area contributed by atoms with Crippen molar-refractivity contribution in [3.63, 3.8) is 0 Å². The van der Waals surface area contributed by atoms with Crippen LogP contribution in [0.1, 0.15) is 40.3 Å². The molecule has 1 aliphatic carbocycles. The maximum absolute atomic E-state index is 12.3. The number of amides is 1.